The van der Waals surface area contributed by atoms with Crippen molar-refractivity contribution in [2.45, 2.75) is 58.3 Å². The largest absolute Gasteiger partial charge is 0.481 e. The van der Waals surface area contributed by atoms with Crippen LogP contribution < -0.4 is 0 Å². The van der Waals surface area contributed by atoms with Gasteiger partial charge in [0.2, 0.25) is 0 Å². The van der Waals surface area contributed by atoms with Gasteiger partial charge >= 0.3 is 5.97 Å². The van der Waals surface area contributed by atoms with E-state index in [0.29, 0.717) is 12.8 Å². The van der Waals surface area contributed by atoms with Crippen molar-refractivity contribution in [1.82, 2.24) is 0 Å². The molecule has 0 radical (unpaired) electrons. The molecule has 1 unspecified atom stereocenters. The van der Waals surface area contributed by atoms with Gasteiger partial charge in [0.25, 0.3) is 0 Å². The van der Waals surface area contributed by atoms with Gasteiger partial charge in [0.05, 0.1) is 5.92 Å². The molecule has 0 spiro atoms. The van der Waals surface area contributed by atoms with E-state index in [-0.39, 0.29) is 12.5 Å². The average molecular weight is 216 g/mol. The number of rotatable bonds is 10. The van der Waals surface area contributed by atoms with E-state index in [1.807, 2.05) is 0 Å². The Labute approximate surface area is 92.5 Å². The van der Waals surface area contributed by atoms with Crippen LogP contribution in [0.3, 0.4) is 0 Å². The van der Waals surface area contributed by atoms with Crippen molar-refractivity contribution >= 4 is 5.97 Å². The third-order valence-electron chi connectivity index (χ3n) is 2.73. The minimum atomic E-state index is -0.766. The minimum absolute atomic E-state index is 0.0210. The van der Waals surface area contributed by atoms with Crippen LogP contribution in [0.15, 0.2) is 0 Å². The van der Waals surface area contributed by atoms with Gasteiger partial charge < -0.3 is 10.2 Å². The first kappa shape index (κ1) is 14.4. The molecule has 3 nitrogen and oxygen atoms in total. The third kappa shape index (κ3) is 8.43. The van der Waals surface area contributed by atoms with E-state index in [1.165, 1.54) is 25.7 Å². The van der Waals surface area contributed by atoms with Crippen LogP contribution in [0.4, 0.5) is 0 Å². The number of unbranched alkanes of at least 4 members (excludes halogenated alkanes) is 5. The third-order valence-corrected chi connectivity index (χ3v) is 2.73. The maximum absolute atomic E-state index is 10.7. The lowest BCUT2D eigenvalue weighted by Gasteiger charge is -2.09. The highest BCUT2D eigenvalue weighted by molar-refractivity contribution is 5.69. The summed E-state index contributed by atoms with van der Waals surface area (Å²) in [6, 6.07) is 0. The SMILES string of the molecule is CCCCCCCCC(CCO)C(=O)O. The zero-order valence-corrected chi connectivity index (χ0v) is 9.74. The number of aliphatic carboxylic acids is 1. The summed E-state index contributed by atoms with van der Waals surface area (Å²) in [5.74, 6) is -1.11. The molecule has 0 bridgehead atoms. The monoisotopic (exact) mass is 216 g/mol. The average Bonchev–Trinajstić information content (AvgIpc) is 2.21. The molecule has 0 amide bonds. The van der Waals surface area contributed by atoms with Crippen LogP contribution >= 0.6 is 0 Å². The molecular weight excluding hydrogens is 192 g/mol. The van der Waals surface area contributed by atoms with Crippen LogP contribution in [0.5, 0.6) is 0 Å². The van der Waals surface area contributed by atoms with Gasteiger partial charge in [-0.1, -0.05) is 45.4 Å². The first-order chi connectivity index (χ1) is 7.22. The molecule has 0 aromatic rings. The van der Waals surface area contributed by atoms with Crippen molar-refractivity contribution in [2.75, 3.05) is 6.61 Å². The lowest BCUT2D eigenvalue weighted by atomic mass is 9.97. The van der Waals surface area contributed by atoms with Gasteiger partial charge in [-0.2, -0.15) is 0 Å². The Hall–Kier alpha value is -0.570. The molecule has 0 rings (SSSR count). The van der Waals surface area contributed by atoms with Crippen LogP contribution in [-0.2, 0) is 4.79 Å². The van der Waals surface area contributed by atoms with Gasteiger partial charge in [0.1, 0.15) is 0 Å². The summed E-state index contributed by atoms with van der Waals surface area (Å²) in [6.07, 6.45) is 8.18. The van der Waals surface area contributed by atoms with E-state index < -0.39 is 5.97 Å². The summed E-state index contributed by atoms with van der Waals surface area (Å²) in [7, 11) is 0. The topological polar surface area (TPSA) is 57.5 Å². The summed E-state index contributed by atoms with van der Waals surface area (Å²) in [5, 5.41) is 17.5. The molecule has 90 valence electrons. The van der Waals surface area contributed by atoms with Crippen molar-refractivity contribution < 1.29 is 15.0 Å². The van der Waals surface area contributed by atoms with E-state index in [0.717, 1.165) is 12.8 Å². The number of carboxylic acid groups (broad SMARTS) is 1. The number of aliphatic hydroxyl groups is 1. The molecule has 15 heavy (non-hydrogen) atoms. The molecular formula is C12H24O3. The summed E-state index contributed by atoms with van der Waals surface area (Å²) in [5.41, 5.74) is 0. The second kappa shape index (κ2) is 9.97. The van der Waals surface area contributed by atoms with Crippen molar-refractivity contribution in [3.8, 4) is 0 Å². The molecule has 2 N–H and O–H groups in total. The van der Waals surface area contributed by atoms with Gasteiger partial charge in [-0.05, 0) is 12.8 Å². The smallest absolute Gasteiger partial charge is 0.306 e. The molecule has 0 aliphatic heterocycles. The predicted molar refractivity (Wildman–Crippen MR) is 60.8 cm³/mol. The zero-order valence-electron chi connectivity index (χ0n) is 9.74. The second-order valence-electron chi connectivity index (χ2n) is 4.10. The second-order valence-corrected chi connectivity index (χ2v) is 4.10. The first-order valence-corrected chi connectivity index (χ1v) is 6.06. The van der Waals surface area contributed by atoms with Gasteiger partial charge in [-0.25, -0.2) is 0 Å². The van der Waals surface area contributed by atoms with E-state index in [9.17, 15) is 4.79 Å². The number of carboxylic acids is 1. The Morgan fingerprint density at radius 2 is 1.67 bits per heavy atom. The minimum Gasteiger partial charge on any atom is -0.481 e. The summed E-state index contributed by atoms with van der Waals surface area (Å²) >= 11 is 0. The zero-order chi connectivity index (χ0) is 11.5. The highest BCUT2D eigenvalue weighted by atomic mass is 16.4. The number of hydrogen-bond donors (Lipinski definition) is 2. The number of hydrogen-bond acceptors (Lipinski definition) is 2. The molecule has 1 atom stereocenters. The van der Waals surface area contributed by atoms with Gasteiger partial charge in [-0.3, -0.25) is 4.79 Å². The van der Waals surface area contributed by atoms with E-state index in [4.69, 9.17) is 10.2 Å². The molecule has 0 aromatic carbocycles. The molecule has 0 aromatic heterocycles. The molecule has 0 fully saturated rings. The Kier molecular flexibility index (Phi) is 9.59. The van der Waals surface area contributed by atoms with Crippen molar-refractivity contribution in [3.05, 3.63) is 0 Å². The standard InChI is InChI=1S/C12H24O3/c1-2-3-4-5-6-7-8-11(9-10-13)12(14)15/h11,13H,2-10H2,1H3,(H,14,15). The first-order valence-electron chi connectivity index (χ1n) is 6.06. The fourth-order valence-electron chi connectivity index (χ4n) is 1.72. The maximum atomic E-state index is 10.7. The van der Waals surface area contributed by atoms with Crippen LogP contribution in [0, 0.1) is 5.92 Å². The van der Waals surface area contributed by atoms with Crippen LogP contribution in [-0.4, -0.2) is 22.8 Å². The highest BCUT2D eigenvalue weighted by Crippen LogP contribution is 2.15. The van der Waals surface area contributed by atoms with Crippen LogP contribution in [0.1, 0.15) is 58.3 Å². The summed E-state index contributed by atoms with van der Waals surface area (Å²) < 4.78 is 0. The van der Waals surface area contributed by atoms with E-state index in [1.54, 1.807) is 0 Å². The fraction of sp³-hybridized carbons (Fsp3) is 0.917. The van der Waals surface area contributed by atoms with Crippen molar-refractivity contribution in [3.63, 3.8) is 0 Å². The Balaban J connectivity index is 3.41. The number of aliphatic hydroxyl groups excluding tert-OH is 1. The quantitative estimate of drug-likeness (QED) is 0.552. The molecule has 0 aliphatic carbocycles. The summed E-state index contributed by atoms with van der Waals surface area (Å²) in [6.45, 7) is 2.16. The molecule has 0 aliphatic rings. The molecule has 0 saturated carbocycles. The lowest BCUT2D eigenvalue weighted by molar-refractivity contribution is -0.142. The van der Waals surface area contributed by atoms with E-state index in [2.05, 4.69) is 6.92 Å². The Bertz CT molecular complexity index is 157. The molecule has 0 saturated heterocycles. The van der Waals surface area contributed by atoms with Gasteiger partial charge in [-0.15, -0.1) is 0 Å². The van der Waals surface area contributed by atoms with Crippen molar-refractivity contribution in [2.24, 2.45) is 5.92 Å². The van der Waals surface area contributed by atoms with Gasteiger partial charge in [0, 0.05) is 6.61 Å². The Morgan fingerprint density at radius 3 is 2.20 bits per heavy atom. The van der Waals surface area contributed by atoms with E-state index >= 15 is 0 Å². The van der Waals surface area contributed by atoms with Crippen LogP contribution in [0.25, 0.3) is 0 Å². The fourth-order valence-corrected chi connectivity index (χ4v) is 1.72. The van der Waals surface area contributed by atoms with Crippen LogP contribution in [0.2, 0.25) is 0 Å². The Morgan fingerprint density at radius 1 is 1.07 bits per heavy atom. The lowest BCUT2D eigenvalue weighted by Crippen LogP contribution is -2.15. The maximum Gasteiger partial charge on any atom is 0.306 e. The highest BCUT2D eigenvalue weighted by Gasteiger charge is 2.15. The normalized spacial score (nSPS) is 12.7. The summed E-state index contributed by atoms with van der Waals surface area (Å²) in [4.78, 5) is 10.7. The van der Waals surface area contributed by atoms with Gasteiger partial charge in [0.15, 0.2) is 0 Å². The van der Waals surface area contributed by atoms with Crippen molar-refractivity contribution in [1.29, 1.82) is 0 Å². The number of carbonyl (C=O) groups is 1. The molecule has 0 heterocycles. The molecule has 3 heteroatoms. The predicted octanol–water partition coefficient (Wildman–Crippen LogP) is 2.82.